The van der Waals surface area contributed by atoms with E-state index in [9.17, 15) is 4.79 Å². The van der Waals surface area contributed by atoms with Gasteiger partial charge < -0.3 is 4.74 Å². The van der Waals surface area contributed by atoms with E-state index in [-0.39, 0.29) is 5.97 Å². The molecule has 3 aromatic carbocycles. The van der Waals surface area contributed by atoms with E-state index in [4.69, 9.17) is 9.84 Å². The molecule has 0 unspecified atom stereocenters. The fraction of sp³-hybridized carbons (Fsp3) is 0.0909. The normalized spacial score (nSPS) is 10.8. The monoisotopic (exact) mass is 342 g/mol. The Balaban J connectivity index is 1.95. The lowest BCUT2D eigenvalue weighted by molar-refractivity contribution is 0.0602. The van der Waals surface area contributed by atoms with Crippen LogP contribution >= 0.6 is 0 Å². The number of hydrogen-bond acceptors (Lipinski definition) is 3. The van der Waals surface area contributed by atoms with E-state index < -0.39 is 0 Å². The molecule has 26 heavy (non-hydrogen) atoms. The van der Waals surface area contributed by atoms with E-state index in [0.29, 0.717) is 17.6 Å². The highest BCUT2D eigenvalue weighted by atomic mass is 16.5. The van der Waals surface area contributed by atoms with Crippen molar-refractivity contribution in [2.24, 2.45) is 0 Å². The quantitative estimate of drug-likeness (QED) is 0.512. The van der Waals surface area contributed by atoms with E-state index in [0.717, 1.165) is 22.2 Å². The summed E-state index contributed by atoms with van der Waals surface area (Å²) in [5.74, 6) is -0.375. The van der Waals surface area contributed by atoms with Crippen molar-refractivity contribution in [1.82, 2.24) is 9.78 Å². The van der Waals surface area contributed by atoms with Crippen LogP contribution in [0.1, 0.15) is 15.9 Å². The number of fused-ring (bicyclic) bond motifs is 1. The van der Waals surface area contributed by atoms with Gasteiger partial charge in [-0.25, -0.2) is 4.79 Å². The number of carbonyl (C=O) groups is 1. The number of aromatic nitrogens is 2. The third-order valence-corrected chi connectivity index (χ3v) is 4.40. The molecule has 0 aliphatic rings. The van der Waals surface area contributed by atoms with Crippen LogP contribution in [-0.4, -0.2) is 22.9 Å². The van der Waals surface area contributed by atoms with Gasteiger partial charge in [-0.3, -0.25) is 4.68 Å². The Morgan fingerprint density at radius 1 is 0.923 bits per heavy atom. The lowest BCUT2D eigenvalue weighted by Crippen LogP contribution is -2.04. The number of rotatable bonds is 4. The summed E-state index contributed by atoms with van der Waals surface area (Å²) in [4.78, 5) is 12.2. The number of carbonyl (C=O) groups excluding carboxylic acids is 1. The minimum atomic E-state index is -0.375. The maximum Gasteiger partial charge on any atom is 0.340 e. The number of nitrogens with zero attached hydrogens (tertiary/aromatic N) is 2. The Labute approximate surface area is 151 Å². The summed E-state index contributed by atoms with van der Waals surface area (Å²) in [5.41, 5.74) is 4.35. The van der Waals surface area contributed by atoms with Crippen LogP contribution in [0.5, 0.6) is 0 Å². The zero-order valence-electron chi connectivity index (χ0n) is 14.4. The van der Waals surface area contributed by atoms with Crippen molar-refractivity contribution < 1.29 is 9.53 Å². The van der Waals surface area contributed by atoms with Crippen molar-refractivity contribution in [1.29, 1.82) is 0 Å². The molecule has 4 nitrogen and oxygen atoms in total. The summed E-state index contributed by atoms with van der Waals surface area (Å²) in [7, 11) is 1.39. The summed E-state index contributed by atoms with van der Waals surface area (Å²) in [6, 6.07) is 25.9. The minimum absolute atomic E-state index is 0.375. The molecule has 0 saturated heterocycles. The molecule has 1 heterocycles. The number of methoxy groups -OCH3 is 1. The second-order valence-electron chi connectivity index (χ2n) is 6.05. The van der Waals surface area contributed by atoms with Gasteiger partial charge in [0.15, 0.2) is 0 Å². The zero-order valence-corrected chi connectivity index (χ0v) is 14.4. The van der Waals surface area contributed by atoms with Crippen molar-refractivity contribution in [3.63, 3.8) is 0 Å². The molecule has 128 valence electrons. The van der Waals surface area contributed by atoms with E-state index in [2.05, 4.69) is 24.3 Å². The minimum Gasteiger partial charge on any atom is -0.465 e. The Morgan fingerprint density at radius 3 is 2.31 bits per heavy atom. The van der Waals surface area contributed by atoms with Crippen LogP contribution in [0.4, 0.5) is 0 Å². The standard InChI is InChI=1S/C22H18N2O2/c1-26-22(25)19-14-8-13-18-20(19)23-24(15-16-9-4-2-5-10-16)21(18)17-11-6-3-7-12-17/h2-14H,15H2,1H3. The predicted molar refractivity (Wildman–Crippen MR) is 102 cm³/mol. The molecule has 4 rings (SSSR count). The highest BCUT2D eigenvalue weighted by Crippen LogP contribution is 2.31. The number of benzene rings is 3. The molecule has 0 atom stereocenters. The third kappa shape index (κ3) is 2.86. The lowest BCUT2D eigenvalue weighted by Gasteiger charge is -2.08. The molecule has 0 aliphatic heterocycles. The van der Waals surface area contributed by atoms with Crippen LogP contribution in [0.2, 0.25) is 0 Å². The van der Waals surface area contributed by atoms with Gasteiger partial charge in [0.2, 0.25) is 0 Å². The third-order valence-electron chi connectivity index (χ3n) is 4.40. The van der Waals surface area contributed by atoms with Gasteiger partial charge in [0.1, 0.15) is 5.52 Å². The van der Waals surface area contributed by atoms with Crippen LogP contribution in [0.25, 0.3) is 22.2 Å². The molecule has 0 bridgehead atoms. The van der Waals surface area contributed by atoms with Crippen LogP contribution < -0.4 is 0 Å². The number of ether oxygens (including phenoxy) is 1. The van der Waals surface area contributed by atoms with Gasteiger partial charge in [-0.1, -0.05) is 72.8 Å². The van der Waals surface area contributed by atoms with Gasteiger partial charge >= 0.3 is 5.97 Å². The first-order valence-electron chi connectivity index (χ1n) is 8.45. The van der Waals surface area contributed by atoms with E-state index in [1.54, 1.807) is 6.07 Å². The van der Waals surface area contributed by atoms with Gasteiger partial charge in [-0.05, 0) is 11.6 Å². The van der Waals surface area contributed by atoms with Gasteiger partial charge in [-0.15, -0.1) is 0 Å². The average molecular weight is 342 g/mol. The topological polar surface area (TPSA) is 44.1 Å². The largest absolute Gasteiger partial charge is 0.465 e. The first-order valence-corrected chi connectivity index (χ1v) is 8.45. The maximum absolute atomic E-state index is 12.2. The van der Waals surface area contributed by atoms with Crippen LogP contribution in [0, 0.1) is 0 Å². The Hall–Kier alpha value is -3.40. The average Bonchev–Trinajstić information content (AvgIpc) is 3.06. The Bertz CT molecular complexity index is 1050. The SMILES string of the molecule is COC(=O)c1cccc2c(-c3ccccc3)n(Cc3ccccc3)nc12. The van der Waals surface area contributed by atoms with Gasteiger partial charge in [0.25, 0.3) is 0 Å². The van der Waals surface area contributed by atoms with Crippen molar-refractivity contribution in [2.45, 2.75) is 6.54 Å². The molecule has 0 spiro atoms. The second kappa shape index (κ2) is 6.84. The summed E-state index contributed by atoms with van der Waals surface area (Å²) in [6.45, 7) is 0.625. The maximum atomic E-state index is 12.2. The smallest absolute Gasteiger partial charge is 0.340 e. The van der Waals surface area contributed by atoms with Crippen LogP contribution in [-0.2, 0) is 11.3 Å². The molecule has 4 aromatic rings. The molecular weight excluding hydrogens is 324 g/mol. The molecule has 0 amide bonds. The fourth-order valence-corrected chi connectivity index (χ4v) is 3.20. The number of esters is 1. The van der Waals surface area contributed by atoms with Crippen molar-refractivity contribution >= 4 is 16.9 Å². The Morgan fingerprint density at radius 2 is 1.62 bits per heavy atom. The Kier molecular flexibility index (Phi) is 4.23. The van der Waals surface area contributed by atoms with Crippen molar-refractivity contribution in [3.8, 4) is 11.3 Å². The summed E-state index contributed by atoms with van der Waals surface area (Å²) in [5, 5.41) is 5.71. The molecule has 0 aliphatic carbocycles. The van der Waals surface area contributed by atoms with Crippen molar-refractivity contribution in [2.75, 3.05) is 7.11 Å². The first-order chi connectivity index (χ1) is 12.8. The van der Waals surface area contributed by atoms with Gasteiger partial charge in [0.05, 0.1) is 24.9 Å². The molecule has 1 aromatic heterocycles. The zero-order chi connectivity index (χ0) is 17.9. The number of hydrogen-bond donors (Lipinski definition) is 0. The van der Waals surface area contributed by atoms with E-state index in [1.165, 1.54) is 7.11 Å². The lowest BCUT2D eigenvalue weighted by atomic mass is 10.0. The van der Waals surface area contributed by atoms with Gasteiger partial charge in [-0.2, -0.15) is 5.10 Å². The molecule has 0 fully saturated rings. The molecule has 4 heteroatoms. The van der Waals surface area contributed by atoms with Crippen LogP contribution in [0.3, 0.4) is 0 Å². The molecule has 0 saturated carbocycles. The van der Waals surface area contributed by atoms with E-state index >= 15 is 0 Å². The van der Waals surface area contributed by atoms with Gasteiger partial charge in [0, 0.05) is 10.9 Å². The molecular formula is C22H18N2O2. The first kappa shape index (κ1) is 16.1. The molecule has 0 radical (unpaired) electrons. The highest BCUT2D eigenvalue weighted by molar-refractivity contribution is 6.06. The summed E-state index contributed by atoms with van der Waals surface area (Å²) in [6.07, 6.45) is 0. The second-order valence-corrected chi connectivity index (χ2v) is 6.05. The van der Waals surface area contributed by atoms with Crippen molar-refractivity contribution in [3.05, 3.63) is 90.0 Å². The highest BCUT2D eigenvalue weighted by Gasteiger charge is 2.19. The molecule has 0 N–H and O–H groups in total. The van der Waals surface area contributed by atoms with Crippen LogP contribution in [0.15, 0.2) is 78.9 Å². The van der Waals surface area contributed by atoms with E-state index in [1.807, 2.05) is 53.2 Å². The fourth-order valence-electron chi connectivity index (χ4n) is 3.20. The summed E-state index contributed by atoms with van der Waals surface area (Å²) < 4.78 is 6.89. The predicted octanol–water partition coefficient (Wildman–Crippen LogP) is 4.54. The summed E-state index contributed by atoms with van der Waals surface area (Å²) >= 11 is 0.